The molecule has 1 aromatic rings. The molecule has 96 valence electrons. The van der Waals surface area contributed by atoms with Gasteiger partial charge >= 0.3 is 5.69 Å². The van der Waals surface area contributed by atoms with Gasteiger partial charge in [0.1, 0.15) is 0 Å². The summed E-state index contributed by atoms with van der Waals surface area (Å²) in [5.74, 6) is 0.0809. The fourth-order valence-electron chi connectivity index (χ4n) is 1.49. The van der Waals surface area contributed by atoms with Gasteiger partial charge in [0.2, 0.25) is 0 Å². The smallest absolute Gasteiger partial charge is 0.334 e. The Kier molecular flexibility index (Phi) is 6.86. The van der Waals surface area contributed by atoms with E-state index in [2.05, 4.69) is 4.98 Å². The minimum Gasteiger partial charge on any atom is -0.476 e. The highest BCUT2D eigenvalue weighted by Crippen LogP contribution is 2.30. The van der Waals surface area contributed by atoms with Gasteiger partial charge in [-0.15, -0.1) is 0 Å². The van der Waals surface area contributed by atoms with Gasteiger partial charge in [0.05, 0.1) is 12.0 Å². The molecule has 0 atom stereocenters. The molecule has 0 spiro atoms. The van der Waals surface area contributed by atoms with Crippen molar-refractivity contribution in [3.05, 3.63) is 27.4 Å². The summed E-state index contributed by atoms with van der Waals surface area (Å²) in [4.78, 5) is 14.3. The Morgan fingerprint density at radius 2 is 2.06 bits per heavy atom. The maximum atomic E-state index is 10.8. The van der Waals surface area contributed by atoms with Crippen molar-refractivity contribution in [3.63, 3.8) is 0 Å². The summed E-state index contributed by atoms with van der Waals surface area (Å²) in [7, 11) is 1.38. The van der Waals surface area contributed by atoms with Crippen LogP contribution in [-0.4, -0.2) is 17.0 Å². The molecule has 17 heavy (non-hydrogen) atoms. The molecule has 0 fully saturated rings. The summed E-state index contributed by atoms with van der Waals surface area (Å²) < 4.78 is 4.87. The Hall–Kier alpha value is -1.65. The number of ether oxygens (including phenoxy) is 1. The molecule has 0 aliphatic rings. The fraction of sp³-hybridized carbons (Fsp3) is 0.583. The van der Waals surface area contributed by atoms with Gasteiger partial charge in [-0.2, -0.15) is 0 Å². The lowest BCUT2D eigenvalue weighted by atomic mass is 10.1. The zero-order chi connectivity index (χ0) is 13.4. The van der Waals surface area contributed by atoms with Crippen LogP contribution in [0.15, 0.2) is 6.20 Å². The lowest BCUT2D eigenvalue weighted by Gasteiger charge is -2.07. The van der Waals surface area contributed by atoms with Crippen LogP contribution in [0.25, 0.3) is 0 Å². The number of nitrogens with zero attached hydrogens (tertiary/aromatic N) is 2. The van der Waals surface area contributed by atoms with Gasteiger partial charge in [0.15, 0.2) is 0 Å². The Morgan fingerprint density at radius 1 is 1.47 bits per heavy atom. The zero-order valence-corrected chi connectivity index (χ0v) is 11.1. The molecule has 0 radical (unpaired) electrons. The molecule has 1 heterocycles. The van der Waals surface area contributed by atoms with E-state index in [4.69, 9.17) is 4.74 Å². The van der Waals surface area contributed by atoms with Crippen LogP contribution in [0.3, 0.4) is 0 Å². The van der Waals surface area contributed by atoms with Crippen molar-refractivity contribution in [2.45, 2.75) is 40.5 Å². The second kappa shape index (κ2) is 7.60. The van der Waals surface area contributed by atoms with Crippen molar-refractivity contribution < 1.29 is 9.66 Å². The lowest BCUT2D eigenvalue weighted by Crippen LogP contribution is -2.02. The van der Waals surface area contributed by atoms with E-state index in [-0.39, 0.29) is 11.6 Å². The topological polar surface area (TPSA) is 65.3 Å². The summed E-state index contributed by atoms with van der Waals surface area (Å²) in [5.41, 5.74) is 1.53. The van der Waals surface area contributed by atoms with Crippen LogP contribution in [0, 0.1) is 17.0 Å². The molecule has 0 unspecified atom stereocenters. The Balaban J connectivity index is 0.00000121. The third-order valence-electron chi connectivity index (χ3n) is 2.27. The SMILES string of the molecule is CC.CCCc1cnc(OC)c([N+](=O)[O-])c1C. The van der Waals surface area contributed by atoms with Crippen molar-refractivity contribution in [2.75, 3.05) is 7.11 Å². The number of hydrogen-bond acceptors (Lipinski definition) is 4. The largest absolute Gasteiger partial charge is 0.476 e. The maximum Gasteiger partial charge on any atom is 0.334 e. The predicted octanol–water partition coefficient (Wildman–Crippen LogP) is 3.29. The van der Waals surface area contributed by atoms with Gasteiger partial charge < -0.3 is 4.74 Å². The normalized spacial score (nSPS) is 9.24. The van der Waals surface area contributed by atoms with E-state index in [1.807, 2.05) is 20.8 Å². The van der Waals surface area contributed by atoms with Crippen LogP contribution in [-0.2, 0) is 6.42 Å². The first-order valence-corrected chi connectivity index (χ1v) is 5.78. The number of aromatic nitrogens is 1. The van der Waals surface area contributed by atoms with Crippen LogP contribution in [0.4, 0.5) is 5.69 Å². The molecule has 5 nitrogen and oxygen atoms in total. The predicted molar refractivity (Wildman–Crippen MR) is 67.5 cm³/mol. The summed E-state index contributed by atoms with van der Waals surface area (Å²) in [6.07, 6.45) is 3.38. The number of hydrogen-bond donors (Lipinski definition) is 0. The molecule has 0 aliphatic carbocycles. The van der Waals surface area contributed by atoms with Crippen LogP contribution < -0.4 is 4.74 Å². The van der Waals surface area contributed by atoms with Crippen LogP contribution in [0.5, 0.6) is 5.88 Å². The fourth-order valence-corrected chi connectivity index (χ4v) is 1.49. The number of nitro groups is 1. The van der Waals surface area contributed by atoms with E-state index < -0.39 is 4.92 Å². The Morgan fingerprint density at radius 3 is 2.47 bits per heavy atom. The van der Waals surface area contributed by atoms with E-state index in [1.54, 1.807) is 13.1 Å². The van der Waals surface area contributed by atoms with Crippen molar-refractivity contribution in [1.29, 1.82) is 0 Å². The summed E-state index contributed by atoms with van der Waals surface area (Å²) in [6, 6.07) is 0. The molecular formula is C12H20N2O3. The van der Waals surface area contributed by atoms with Crippen molar-refractivity contribution in [1.82, 2.24) is 4.98 Å². The second-order valence-electron chi connectivity index (χ2n) is 3.27. The van der Waals surface area contributed by atoms with Gasteiger partial charge in [0, 0.05) is 11.8 Å². The molecule has 0 amide bonds. The maximum absolute atomic E-state index is 10.8. The summed E-state index contributed by atoms with van der Waals surface area (Å²) in [5, 5.41) is 10.8. The van der Waals surface area contributed by atoms with E-state index >= 15 is 0 Å². The van der Waals surface area contributed by atoms with Crippen molar-refractivity contribution in [3.8, 4) is 5.88 Å². The highest BCUT2D eigenvalue weighted by molar-refractivity contribution is 5.51. The van der Waals surface area contributed by atoms with E-state index in [9.17, 15) is 10.1 Å². The zero-order valence-electron chi connectivity index (χ0n) is 11.1. The minimum atomic E-state index is -0.444. The summed E-state index contributed by atoms with van der Waals surface area (Å²) >= 11 is 0. The van der Waals surface area contributed by atoms with Gasteiger partial charge in [0.25, 0.3) is 5.88 Å². The average Bonchev–Trinajstić information content (AvgIpc) is 2.33. The van der Waals surface area contributed by atoms with E-state index in [0.717, 1.165) is 18.4 Å². The molecule has 0 aliphatic heterocycles. The molecule has 1 rings (SSSR count). The Labute approximate surface area is 102 Å². The van der Waals surface area contributed by atoms with Crippen molar-refractivity contribution in [2.24, 2.45) is 0 Å². The number of aryl methyl sites for hydroxylation is 1. The Bertz CT molecular complexity index is 378. The van der Waals surface area contributed by atoms with Crippen LogP contribution in [0.2, 0.25) is 0 Å². The quantitative estimate of drug-likeness (QED) is 0.598. The first-order valence-electron chi connectivity index (χ1n) is 5.78. The van der Waals surface area contributed by atoms with Crippen LogP contribution >= 0.6 is 0 Å². The van der Waals surface area contributed by atoms with E-state index in [1.165, 1.54) is 7.11 Å². The van der Waals surface area contributed by atoms with Crippen LogP contribution in [0.1, 0.15) is 38.3 Å². The first-order chi connectivity index (χ1) is 8.11. The third kappa shape index (κ3) is 3.69. The van der Waals surface area contributed by atoms with Gasteiger partial charge in [-0.05, 0) is 18.9 Å². The number of methoxy groups -OCH3 is 1. The minimum absolute atomic E-state index is 0.0246. The highest BCUT2D eigenvalue weighted by Gasteiger charge is 2.21. The molecule has 1 aromatic heterocycles. The second-order valence-corrected chi connectivity index (χ2v) is 3.27. The third-order valence-corrected chi connectivity index (χ3v) is 2.27. The molecule has 5 heteroatoms. The van der Waals surface area contributed by atoms with Crippen molar-refractivity contribution >= 4 is 5.69 Å². The molecule has 0 N–H and O–H groups in total. The van der Waals surface area contributed by atoms with E-state index in [0.29, 0.717) is 5.56 Å². The van der Waals surface area contributed by atoms with Gasteiger partial charge in [-0.25, -0.2) is 4.98 Å². The number of rotatable bonds is 4. The van der Waals surface area contributed by atoms with Gasteiger partial charge in [-0.3, -0.25) is 10.1 Å². The molecule has 0 bridgehead atoms. The first kappa shape index (κ1) is 15.3. The molecule has 0 saturated carbocycles. The monoisotopic (exact) mass is 240 g/mol. The molecule has 0 aromatic carbocycles. The van der Waals surface area contributed by atoms with Gasteiger partial charge in [-0.1, -0.05) is 27.2 Å². The summed E-state index contributed by atoms with van der Waals surface area (Å²) in [6.45, 7) is 7.75. The molecular weight excluding hydrogens is 220 g/mol. The standard InChI is InChI=1S/C10H14N2O3.C2H6/c1-4-5-8-6-11-10(15-3)9(7(8)2)12(13)14;1-2/h6H,4-5H2,1-3H3;1-2H3. The molecule has 0 saturated heterocycles. The number of pyridine rings is 1. The highest BCUT2D eigenvalue weighted by atomic mass is 16.6. The average molecular weight is 240 g/mol. The lowest BCUT2D eigenvalue weighted by molar-refractivity contribution is -0.386.